The second-order valence-corrected chi connectivity index (χ2v) is 16.6. The molecule has 9 heteroatoms. The number of methoxy groups -OCH3 is 2. The molecule has 4 rings (SSSR count). The predicted molar refractivity (Wildman–Crippen MR) is 145 cm³/mol. The van der Waals surface area contributed by atoms with E-state index < -0.39 is 29.5 Å². The smallest absolute Gasteiger partial charge is 0.337 e. The van der Waals surface area contributed by atoms with Gasteiger partial charge in [-0.3, -0.25) is 0 Å². The van der Waals surface area contributed by atoms with Crippen molar-refractivity contribution in [2.75, 3.05) is 14.2 Å². The highest BCUT2D eigenvalue weighted by atomic mass is 32.2. The average Bonchev–Trinajstić information content (AvgIpc) is 2.96. The molecule has 0 N–H and O–H groups in total. The summed E-state index contributed by atoms with van der Waals surface area (Å²) in [6.45, 7) is 0. The van der Waals surface area contributed by atoms with Crippen LogP contribution in [0, 0.1) is 0 Å². The topological polar surface area (TPSA) is 96.0 Å². The van der Waals surface area contributed by atoms with Gasteiger partial charge in [0.1, 0.15) is 0 Å². The van der Waals surface area contributed by atoms with E-state index >= 15 is 0 Å². The second kappa shape index (κ2) is 12.6. The Morgan fingerprint density at radius 2 is 1.00 bits per heavy atom. The quantitative estimate of drug-likeness (QED) is 0.255. The molecule has 206 valence electrons. The molecule has 0 unspecified atom stereocenters. The molecule has 0 heterocycles. The number of carbonyl (C=O) groups is 2. The summed E-state index contributed by atoms with van der Waals surface area (Å²) in [5.74, 6) is -1.43. The maximum absolute atomic E-state index is 14.2. The monoisotopic (exact) mass is 553 g/mol. The Kier molecular flexibility index (Phi) is 9.68. The SMILES string of the molecule is COC(=O)c1cc(C(=O)OC)cc(S(=O)(=O)O[P+](C2CCCCC2)(C2CCCCC2)C2CCCCC2)c1. The Balaban J connectivity index is 1.83. The molecule has 3 aliphatic carbocycles. The molecule has 37 heavy (non-hydrogen) atoms. The van der Waals surface area contributed by atoms with Gasteiger partial charge in [0.2, 0.25) is 0 Å². The van der Waals surface area contributed by atoms with Crippen molar-refractivity contribution in [2.45, 2.75) is 118 Å². The highest BCUT2D eigenvalue weighted by Gasteiger charge is 2.62. The first kappa shape index (κ1) is 28.5. The summed E-state index contributed by atoms with van der Waals surface area (Å²) in [7, 11) is -4.23. The molecule has 0 radical (unpaired) electrons. The van der Waals surface area contributed by atoms with Gasteiger partial charge in [-0.25, -0.2) is 9.59 Å². The Hall–Kier alpha value is -1.50. The number of hydrogen-bond donors (Lipinski definition) is 0. The highest BCUT2D eigenvalue weighted by Crippen LogP contribution is 2.78. The number of carbonyl (C=O) groups excluding carboxylic acids is 2. The van der Waals surface area contributed by atoms with Crippen LogP contribution in [0.15, 0.2) is 23.1 Å². The third kappa shape index (κ3) is 6.23. The van der Waals surface area contributed by atoms with Crippen LogP contribution >= 0.6 is 7.49 Å². The first-order valence-corrected chi connectivity index (χ1v) is 17.3. The molecule has 3 fully saturated rings. The third-order valence-corrected chi connectivity index (χ3v) is 16.3. The first-order chi connectivity index (χ1) is 17.8. The zero-order chi connectivity index (χ0) is 26.5. The van der Waals surface area contributed by atoms with Crippen LogP contribution in [0.1, 0.15) is 117 Å². The number of benzene rings is 1. The molecular formula is C28H42O7PS+. The summed E-state index contributed by atoms with van der Waals surface area (Å²) in [5.41, 5.74) is 0.872. The summed E-state index contributed by atoms with van der Waals surface area (Å²) < 4.78 is 44.8. The van der Waals surface area contributed by atoms with Crippen molar-refractivity contribution in [3.05, 3.63) is 29.3 Å². The highest BCUT2D eigenvalue weighted by molar-refractivity contribution is 7.94. The van der Waals surface area contributed by atoms with Crippen molar-refractivity contribution >= 4 is 29.5 Å². The van der Waals surface area contributed by atoms with Crippen molar-refractivity contribution in [1.29, 1.82) is 0 Å². The summed E-state index contributed by atoms with van der Waals surface area (Å²) in [5, 5.41) is 0. The Labute approximate surface area is 222 Å². The van der Waals surface area contributed by atoms with Crippen LogP contribution in [0.4, 0.5) is 0 Å². The fourth-order valence-corrected chi connectivity index (χ4v) is 16.0. The summed E-state index contributed by atoms with van der Waals surface area (Å²) in [6.07, 6.45) is 16.5. The van der Waals surface area contributed by atoms with Crippen molar-refractivity contribution in [3.63, 3.8) is 0 Å². The van der Waals surface area contributed by atoms with Gasteiger partial charge in [0.05, 0.1) is 47.2 Å². The average molecular weight is 554 g/mol. The van der Waals surface area contributed by atoms with E-state index in [0.717, 1.165) is 77.0 Å². The van der Waals surface area contributed by atoms with Gasteiger partial charge in [-0.15, -0.1) is 3.97 Å². The van der Waals surface area contributed by atoms with Gasteiger partial charge in [0, 0.05) is 0 Å². The molecule has 3 aliphatic rings. The second-order valence-electron chi connectivity index (χ2n) is 10.9. The summed E-state index contributed by atoms with van der Waals surface area (Å²) in [4.78, 5) is 24.6. The lowest BCUT2D eigenvalue weighted by Gasteiger charge is -2.45. The molecule has 3 saturated carbocycles. The van der Waals surface area contributed by atoms with Crippen molar-refractivity contribution in [3.8, 4) is 0 Å². The fraction of sp³-hybridized carbons (Fsp3) is 0.714. The van der Waals surface area contributed by atoms with Crippen LogP contribution in [0.5, 0.6) is 0 Å². The van der Waals surface area contributed by atoms with Crippen LogP contribution in [0.25, 0.3) is 0 Å². The number of hydrogen-bond acceptors (Lipinski definition) is 7. The lowest BCUT2D eigenvalue weighted by Crippen LogP contribution is -2.38. The van der Waals surface area contributed by atoms with E-state index in [1.807, 2.05) is 0 Å². The van der Waals surface area contributed by atoms with Crippen LogP contribution in [-0.2, 0) is 23.6 Å². The lowest BCUT2D eigenvalue weighted by molar-refractivity contribution is 0.0598. The zero-order valence-electron chi connectivity index (χ0n) is 22.3. The maximum Gasteiger partial charge on any atom is 0.337 e. The maximum atomic E-state index is 14.2. The summed E-state index contributed by atoms with van der Waals surface area (Å²) in [6, 6.07) is 3.87. The number of esters is 2. The molecule has 1 aromatic carbocycles. The van der Waals surface area contributed by atoms with Crippen LogP contribution in [0.2, 0.25) is 0 Å². The van der Waals surface area contributed by atoms with E-state index in [1.165, 1.54) is 51.7 Å². The molecular weight excluding hydrogens is 511 g/mol. The Bertz CT molecular complexity index is 972. The minimum Gasteiger partial charge on any atom is -0.465 e. The lowest BCUT2D eigenvalue weighted by atomic mass is 9.99. The minimum atomic E-state index is -4.26. The predicted octanol–water partition coefficient (Wildman–Crippen LogP) is 6.90. The van der Waals surface area contributed by atoms with Crippen LogP contribution < -0.4 is 0 Å². The van der Waals surface area contributed by atoms with E-state index in [9.17, 15) is 18.0 Å². The van der Waals surface area contributed by atoms with E-state index in [0.29, 0.717) is 17.0 Å². The molecule has 1 aromatic rings. The molecule has 0 saturated heterocycles. The van der Waals surface area contributed by atoms with Gasteiger partial charge in [0.25, 0.3) is 0 Å². The number of ether oxygens (including phenoxy) is 2. The molecule has 0 atom stereocenters. The molecule has 0 amide bonds. The van der Waals surface area contributed by atoms with Crippen molar-refractivity contribution in [1.82, 2.24) is 0 Å². The largest absolute Gasteiger partial charge is 0.465 e. The summed E-state index contributed by atoms with van der Waals surface area (Å²) >= 11 is 0. The Morgan fingerprint density at radius 3 is 1.32 bits per heavy atom. The molecule has 0 aliphatic heterocycles. The van der Waals surface area contributed by atoms with Crippen LogP contribution in [0.3, 0.4) is 0 Å². The van der Waals surface area contributed by atoms with Crippen molar-refractivity contribution < 1.29 is 31.5 Å². The van der Waals surface area contributed by atoms with Gasteiger partial charge in [-0.05, 0) is 95.2 Å². The molecule has 7 nitrogen and oxygen atoms in total. The van der Waals surface area contributed by atoms with Gasteiger partial charge in [-0.2, -0.15) is 8.42 Å². The van der Waals surface area contributed by atoms with E-state index in [-0.39, 0.29) is 16.0 Å². The standard InChI is InChI=1S/C28H42O7PS/c1-33-27(29)21-18-22(28(30)34-2)20-26(19-21)37(31,32)35-36(23-12-6-3-7-13-23,24-14-8-4-9-15-24)25-16-10-5-11-17-25/h18-20,23-25H,3-17H2,1-2H3/q+1. The van der Waals surface area contributed by atoms with Gasteiger partial charge in [0.15, 0.2) is 7.49 Å². The van der Waals surface area contributed by atoms with Gasteiger partial charge >= 0.3 is 22.1 Å². The van der Waals surface area contributed by atoms with Crippen molar-refractivity contribution in [2.24, 2.45) is 0 Å². The normalized spacial score (nSPS) is 20.9. The van der Waals surface area contributed by atoms with E-state index in [2.05, 4.69) is 0 Å². The number of rotatable bonds is 8. The third-order valence-electron chi connectivity index (χ3n) is 8.70. The zero-order valence-corrected chi connectivity index (χ0v) is 24.0. The minimum absolute atomic E-state index is 0.00972. The van der Waals surface area contributed by atoms with Crippen LogP contribution in [-0.4, -0.2) is 51.6 Å². The van der Waals surface area contributed by atoms with Gasteiger partial charge in [-0.1, -0.05) is 19.3 Å². The van der Waals surface area contributed by atoms with E-state index in [4.69, 9.17) is 13.4 Å². The fourth-order valence-electron chi connectivity index (χ4n) is 6.96. The van der Waals surface area contributed by atoms with E-state index in [1.54, 1.807) is 0 Å². The first-order valence-electron chi connectivity index (χ1n) is 14.0. The molecule has 0 aromatic heterocycles. The Morgan fingerprint density at radius 1 is 0.649 bits per heavy atom. The molecule has 0 spiro atoms. The van der Waals surface area contributed by atoms with Gasteiger partial charge < -0.3 is 9.47 Å². The molecule has 0 bridgehead atoms.